The van der Waals surface area contributed by atoms with Crippen LogP contribution in [0.1, 0.15) is 30.6 Å². The lowest BCUT2D eigenvalue weighted by Gasteiger charge is -2.19. The van der Waals surface area contributed by atoms with Crippen LogP contribution in [0.2, 0.25) is 5.02 Å². The number of hydrazine groups is 1. The van der Waals surface area contributed by atoms with Crippen molar-refractivity contribution >= 4 is 27.5 Å². The van der Waals surface area contributed by atoms with Crippen molar-refractivity contribution in [3.63, 3.8) is 0 Å². The molecule has 0 saturated carbocycles. The van der Waals surface area contributed by atoms with Crippen LogP contribution >= 0.6 is 27.5 Å². The number of nitrogens with zero attached hydrogens (tertiary/aromatic N) is 3. The molecule has 0 aliphatic rings. The largest absolute Gasteiger partial charge is 0.271 e. The number of nitrogens with two attached hydrogens (primary N) is 1. The summed E-state index contributed by atoms with van der Waals surface area (Å²) in [6.45, 7) is 2.92. The number of pyridine rings is 1. The highest BCUT2D eigenvalue weighted by molar-refractivity contribution is 9.10. The van der Waals surface area contributed by atoms with Crippen molar-refractivity contribution in [2.24, 2.45) is 5.84 Å². The fraction of sp³-hybridized carbons (Fsp3) is 0.333. The normalized spacial score (nSPS) is 12.6. The van der Waals surface area contributed by atoms with E-state index < -0.39 is 0 Å². The SMILES string of the molecule is CCCn1ncc(Br)c1C(NN)c1ccncc1Cl. The van der Waals surface area contributed by atoms with Crippen LogP contribution in [0.3, 0.4) is 0 Å². The zero-order chi connectivity index (χ0) is 13.8. The van der Waals surface area contributed by atoms with E-state index in [-0.39, 0.29) is 6.04 Å². The second-order valence-corrected chi connectivity index (χ2v) is 5.36. The van der Waals surface area contributed by atoms with Crippen molar-refractivity contribution in [2.45, 2.75) is 25.9 Å². The summed E-state index contributed by atoms with van der Waals surface area (Å²) in [5, 5.41) is 4.92. The van der Waals surface area contributed by atoms with Gasteiger partial charge in [0, 0.05) is 18.9 Å². The Bertz CT molecular complexity index is 557. The van der Waals surface area contributed by atoms with Gasteiger partial charge in [0.2, 0.25) is 0 Å². The summed E-state index contributed by atoms with van der Waals surface area (Å²) in [6.07, 6.45) is 6.06. The second-order valence-electron chi connectivity index (χ2n) is 4.10. The molecular formula is C12H15BrClN5. The molecule has 0 spiro atoms. The van der Waals surface area contributed by atoms with Crippen molar-refractivity contribution in [3.8, 4) is 0 Å². The quantitative estimate of drug-likeness (QED) is 0.646. The monoisotopic (exact) mass is 343 g/mol. The standard InChI is InChI=1S/C12H15BrClN5/c1-2-5-19-12(9(13)6-17-19)11(18-15)8-3-4-16-7-10(8)14/h3-4,6-7,11,18H,2,5,15H2,1H3. The van der Waals surface area contributed by atoms with Crippen LogP contribution in [0.5, 0.6) is 0 Å². The maximum atomic E-state index is 6.19. The summed E-state index contributed by atoms with van der Waals surface area (Å²) in [7, 11) is 0. The average molecular weight is 345 g/mol. The third-order valence-corrected chi connectivity index (χ3v) is 3.75. The third-order valence-electron chi connectivity index (χ3n) is 2.82. The lowest BCUT2D eigenvalue weighted by atomic mass is 10.1. The van der Waals surface area contributed by atoms with Gasteiger partial charge >= 0.3 is 0 Å². The van der Waals surface area contributed by atoms with Gasteiger partial charge in [0.1, 0.15) is 0 Å². The maximum Gasteiger partial charge on any atom is 0.0905 e. The van der Waals surface area contributed by atoms with Gasteiger partial charge in [-0.2, -0.15) is 5.10 Å². The molecule has 7 heteroatoms. The molecule has 2 rings (SSSR count). The van der Waals surface area contributed by atoms with Crippen LogP contribution in [-0.2, 0) is 6.54 Å². The second kappa shape index (κ2) is 6.47. The molecule has 0 saturated heterocycles. The third kappa shape index (κ3) is 2.97. The minimum absolute atomic E-state index is 0.237. The van der Waals surface area contributed by atoms with E-state index in [1.54, 1.807) is 18.6 Å². The fourth-order valence-corrected chi connectivity index (χ4v) is 2.74. The van der Waals surface area contributed by atoms with Crippen LogP contribution < -0.4 is 11.3 Å². The Kier molecular flexibility index (Phi) is 4.93. The Morgan fingerprint density at radius 2 is 2.32 bits per heavy atom. The Hall–Kier alpha value is -0.950. The number of hydrogen-bond donors (Lipinski definition) is 2. The summed E-state index contributed by atoms with van der Waals surface area (Å²) in [5.41, 5.74) is 4.63. The molecule has 2 heterocycles. The predicted molar refractivity (Wildman–Crippen MR) is 78.6 cm³/mol. The van der Waals surface area contributed by atoms with Crippen molar-refractivity contribution in [3.05, 3.63) is 45.4 Å². The first-order valence-electron chi connectivity index (χ1n) is 5.95. The average Bonchev–Trinajstić information content (AvgIpc) is 2.75. The molecule has 0 fully saturated rings. The highest BCUT2D eigenvalue weighted by atomic mass is 79.9. The molecule has 0 bridgehead atoms. The van der Waals surface area contributed by atoms with Gasteiger partial charge in [0.05, 0.1) is 27.4 Å². The van der Waals surface area contributed by atoms with E-state index in [0.29, 0.717) is 5.02 Å². The molecule has 2 aromatic rings. The Balaban J connectivity index is 2.48. The molecule has 3 N–H and O–H groups in total. The van der Waals surface area contributed by atoms with Gasteiger partial charge in [-0.25, -0.2) is 5.43 Å². The molecule has 1 atom stereocenters. The zero-order valence-electron chi connectivity index (χ0n) is 10.5. The van der Waals surface area contributed by atoms with Crippen molar-refractivity contribution in [2.75, 3.05) is 0 Å². The smallest absolute Gasteiger partial charge is 0.0905 e. The Labute approximate surface area is 125 Å². The van der Waals surface area contributed by atoms with Crippen molar-refractivity contribution < 1.29 is 0 Å². The van der Waals surface area contributed by atoms with E-state index in [1.807, 2.05) is 10.7 Å². The molecule has 2 aromatic heterocycles. The minimum atomic E-state index is -0.237. The molecular weight excluding hydrogens is 330 g/mol. The molecule has 0 radical (unpaired) electrons. The molecule has 0 aliphatic heterocycles. The first-order valence-corrected chi connectivity index (χ1v) is 7.12. The van der Waals surface area contributed by atoms with Crippen LogP contribution in [0, 0.1) is 0 Å². The van der Waals surface area contributed by atoms with Gasteiger partial charge in [-0.3, -0.25) is 15.5 Å². The topological polar surface area (TPSA) is 68.8 Å². The van der Waals surface area contributed by atoms with Gasteiger partial charge in [-0.1, -0.05) is 18.5 Å². The summed E-state index contributed by atoms with van der Waals surface area (Å²) >= 11 is 9.71. The Morgan fingerprint density at radius 1 is 1.53 bits per heavy atom. The summed E-state index contributed by atoms with van der Waals surface area (Å²) < 4.78 is 2.82. The molecule has 5 nitrogen and oxygen atoms in total. The van der Waals surface area contributed by atoms with Crippen LogP contribution in [0.15, 0.2) is 29.1 Å². The molecule has 19 heavy (non-hydrogen) atoms. The van der Waals surface area contributed by atoms with Crippen LogP contribution in [0.4, 0.5) is 0 Å². The molecule has 0 aliphatic carbocycles. The predicted octanol–water partition coefficient (Wildman–Crippen LogP) is 2.66. The minimum Gasteiger partial charge on any atom is -0.271 e. The first kappa shape index (κ1) is 14.5. The van der Waals surface area contributed by atoms with Crippen molar-refractivity contribution in [1.29, 1.82) is 0 Å². The van der Waals surface area contributed by atoms with Crippen LogP contribution in [-0.4, -0.2) is 14.8 Å². The van der Waals surface area contributed by atoms with E-state index in [4.69, 9.17) is 17.4 Å². The highest BCUT2D eigenvalue weighted by Gasteiger charge is 2.22. The lowest BCUT2D eigenvalue weighted by Crippen LogP contribution is -2.31. The van der Waals surface area contributed by atoms with E-state index in [9.17, 15) is 0 Å². The van der Waals surface area contributed by atoms with Gasteiger partial charge in [-0.15, -0.1) is 0 Å². The van der Waals surface area contributed by atoms with Gasteiger partial charge < -0.3 is 0 Å². The lowest BCUT2D eigenvalue weighted by molar-refractivity contribution is 0.519. The molecule has 102 valence electrons. The zero-order valence-corrected chi connectivity index (χ0v) is 12.8. The highest BCUT2D eigenvalue weighted by Crippen LogP contribution is 2.31. The number of nitrogens with one attached hydrogen (secondary N) is 1. The fourth-order valence-electron chi connectivity index (χ4n) is 1.98. The number of rotatable bonds is 5. The summed E-state index contributed by atoms with van der Waals surface area (Å²) in [4.78, 5) is 3.99. The maximum absolute atomic E-state index is 6.19. The number of hydrogen-bond acceptors (Lipinski definition) is 4. The van der Waals surface area contributed by atoms with Gasteiger partial charge in [0.15, 0.2) is 0 Å². The Morgan fingerprint density at radius 3 is 2.95 bits per heavy atom. The summed E-state index contributed by atoms with van der Waals surface area (Å²) in [5.74, 6) is 5.71. The molecule has 0 amide bonds. The number of aryl methyl sites for hydroxylation is 1. The molecule has 0 aromatic carbocycles. The van der Waals surface area contributed by atoms with Crippen LogP contribution in [0.25, 0.3) is 0 Å². The van der Waals surface area contributed by atoms with E-state index >= 15 is 0 Å². The number of aromatic nitrogens is 3. The first-order chi connectivity index (χ1) is 9.19. The van der Waals surface area contributed by atoms with Crippen molar-refractivity contribution in [1.82, 2.24) is 20.2 Å². The molecule has 1 unspecified atom stereocenters. The number of halogens is 2. The van der Waals surface area contributed by atoms with E-state index in [2.05, 4.69) is 38.4 Å². The van der Waals surface area contributed by atoms with Gasteiger partial charge in [-0.05, 0) is 34.0 Å². The van der Waals surface area contributed by atoms with Gasteiger partial charge in [0.25, 0.3) is 0 Å². The van der Waals surface area contributed by atoms with E-state index in [1.165, 1.54) is 0 Å². The summed E-state index contributed by atoms with van der Waals surface area (Å²) in [6, 6.07) is 1.61. The van der Waals surface area contributed by atoms with E-state index in [0.717, 1.165) is 28.7 Å².